The molecule has 6 heteroatoms. The summed E-state index contributed by atoms with van der Waals surface area (Å²) in [4.78, 5) is 10.6. The Morgan fingerprint density at radius 3 is 2.37 bits per heavy atom. The largest absolute Gasteiger partial charge is 0.465 e. The number of nitrogens with one attached hydrogen (secondary N) is 1. The Morgan fingerprint density at radius 1 is 1.26 bits per heavy atom. The SMILES string of the molecule is CC(C)(C)c1nnc([C@H]2CC[C@H](NC(=O)O)CC2)o1. The number of rotatable bonds is 2. The molecular formula is C13H21N3O3. The maximum absolute atomic E-state index is 10.6. The molecule has 1 aromatic heterocycles. The third-order valence-corrected chi connectivity index (χ3v) is 3.49. The average Bonchev–Trinajstić information content (AvgIpc) is 2.78. The second kappa shape index (κ2) is 5.19. The van der Waals surface area contributed by atoms with Crippen LogP contribution in [0, 0.1) is 0 Å². The topological polar surface area (TPSA) is 88.2 Å². The molecule has 6 nitrogen and oxygen atoms in total. The monoisotopic (exact) mass is 267 g/mol. The number of hydrogen-bond acceptors (Lipinski definition) is 4. The second-order valence-corrected chi connectivity index (χ2v) is 6.19. The van der Waals surface area contributed by atoms with Crippen LogP contribution < -0.4 is 5.32 Å². The first-order valence-electron chi connectivity index (χ1n) is 6.69. The van der Waals surface area contributed by atoms with E-state index in [1.807, 2.05) is 20.8 Å². The van der Waals surface area contributed by atoms with E-state index in [0.29, 0.717) is 11.8 Å². The van der Waals surface area contributed by atoms with E-state index in [-0.39, 0.29) is 17.4 Å². The normalized spacial score (nSPS) is 24.2. The highest BCUT2D eigenvalue weighted by atomic mass is 16.4. The van der Waals surface area contributed by atoms with E-state index >= 15 is 0 Å². The van der Waals surface area contributed by atoms with Crippen LogP contribution in [-0.2, 0) is 5.41 Å². The van der Waals surface area contributed by atoms with Crippen molar-refractivity contribution in [2.24, 2.45) is 0 Å². The van der Waals surface area contributed by atoms with E-state index in [9.17, 15) is 4.79 Å². The predicted molar refractivity (Wildman–Crippen MR) is 69.2 cm³/mol. The minimum atomic E-state index is -0.948. The van der Waals surface area contributed by atoms with Crippen molar-refractivity contribution in [1.29, 1.82) is 0 Å². The van der Waals surface area contributed by atoms with E-state index in [1.165, 1.54) is 0 Å². The molecule has 0 bridgehead atoms. The third kappa shape index (κ3) is 3.45. The standard InChI is InChI=1S/C13H21N3O3/c1-13(2,3)11-16-15-10(19-11)8-4-6-9(7-5-8)14-12(17)18/h8-9,14H,4-7H2,1-3H3,(H,17,18)/t8-,9-. The van der Waals surface area contributed by atoms with E-state index in [0.717, 1.165) is 25.7 Å². The van der Waals surface area contributed by atoms with Crippen LogP contribution in [0.2, 0.25) is 0 Å². The van der Waals surface area contributed by atoms with Gasteiger partial charge in [0.25, 0.3) is 0 Å². The summed E-state index contributed by atoms with van der Waals surface area (Å²) in [6.07, 6.45) is 2.47. The summed E-state index contributed by atoms with van der Waals surface area (Å²) in [7, 11) is 0. The summed E-state index contributed by atoms with van der Waals surface area (Å²) in [5, 5.41) is 19.5. The molecule has 1 saturated carbocycles. The molecule has 0 atom stereocenters. The van der Waals surface area contributed by atoms with Crippen molar-refractivity contribution in [3.63, 3.8) is 0 Å². The van der Waals surface area contributed by atoms with Crippen molar-refractivity contribution in [1.82, 2.24) is 15.5 Å². The van der Waals surface area contributed by atoms with Crippen LogP contribution in [0.25, 0.3) is 0 Å². The van der Waals surface area contributed by atoms with Gasteiger partial charge >= 0.3 is 6.09 Å². The van der Waals surface area contributed by atoms with Crippen molar-refractivity contribution in [2.75, 3.05) is 0 Å². The molecule has 0 saturated heterocycles. The number of amides is 1. The summed E-state index contributed by atoms with van der Waals surface area (Å²) in [6, 6.07) is 0.0544. The summed E-state index contributed by atoms with van der Waals surface area (Å²) in [5.41, 5.74) is -0.132. The Hall–Kier alpha value is -1.59. The van der Waals surface area contributed by atoms with Gasteiger partial charge in [0.2, 0.25) is 11.8 Å². The fraction of sp³-hybridized carbons (Fsp3) is 0.769. The van der Waals surface area contributed by atoms with Crippen molar-refractivity contribution >= 4 is 6.09 Å². The van der Waals surface area contributed by atoms with Crippen LogP contribution in [0.3, 0.4) is 0 Å². The van der Waals surface area contributed by atoms with Crippen molar-refractivity contribution in [3.05, 3.63) is 11.8 Å². The summed E-state index contributed by atoms with van der Waals surface area (Å²) in [5.74, 6) is 1.61. The van der Waals surface area contributed by atoms with Crippen LogP contribution >= 0.6 is 0 Å². The highest BCUT2D eigenvalue weighted by Gasteiger charge is 2.29. The van der Waals surface area contributed by atoms with Gasteiger partial charge in [-0.25, -0.2) is 4.79 Å². The van der Waals surface area contributed by atoms with Crippen molar-refractivity contribution < 1.29 is 14.3 Å². The lowest BCUT2D eigenvalue weighted by Crippen LogP contribution is -2.36. The Bertz CT molecular complexity index is 442. The molecule has 1 aromatic rings. The van der Waals surface area contributed by atoms with Crippen LogP contribution in [-0.4, -0.2) is 27.4 Å². The molecule has 0 unspecified atom stereocenters. The molecule has 1 amide bonds. The predicted octanol–water partition coefficient (Wildman–Crippen LogP) is 2.66. The quantitative estimate of drug-likeness (QED) is 0.860. The van der Waals surface area contributed by atoms with Gasteiger partial charge in [0.1, 0.15) is 0 Å². The van der Waals surface area contributed by atoms with Crippen LogP contribution in [0.4, 0.5) is 4.79 Å². The van der Waals surface area contributed by atoms with E-state index in [1.54, 1.807) is 0 Å². The highest BCUT2D eigenvalue weighted by molar-refractivity contribution is 5.64. The Kier molecular flexibility index (Phi) is 3.78. The molecule has 106 valence electrons. The van der Waals surface area contributed by atoms with E-state index in [4.69, 9.17) is 9.52 Å². The minimum Gasteiger partial charge on any atom is -0.465 e. The first kappa shape index (κ1) is 13.8. The minimum absolute atomic E-state index is 0.0544. The Balaban J connectivity index is 1.94. The Labute approximate surface area is 112 Å². The lowest BCUT2D eigenvalue weighted by Gasteiger charge is -2.26. The lowest BCUT2D eigenvalue weighted by atomic mass is 9.86. The van der Waals surface area contributed by atoms with E-state index in [2.05, 4.69) is 15.5 Å². The number of carbonyl (C=O) groups is 1. The summed E-state index contributed by atoms with van der Waals surface area (Å²) >= 11 is 0. The zero-order valence-electron chi connectivity index (χ0n) is 11.6. The number of carboxylic acid groups (broad SMARTS) is 1. The van der Waals surface area contributed by atoms with Crippen molar-refractivity contribution in [3.8, 4) is 0 Å². The van der Waals surface area contributed by atoms with Gasteiger partial charge in [-0.3, -0.25) is 0 Å². The molecule has 0 aromatic carbocycles. The van der Waals surface area contributed by atoms with E-state index < -0.39 is 6.09 Å². The first-order chi connectivity index (χ1) is 8.86. The number of nitrogens with zero attached hydrogens (tertiary/aromatic N) is 2. The molecule has 1 heterocycles. The molecule has 2 N–H and O–H groups in total. The van der Waals surface area contributed by atoms with Crippen LogP contribution in [0.5, 0.6) is 0 Å². The fourth-order valence-corrected chi connectivity index (χ4v) is 2.36. The first-order valence-corrected chi connectivity index (χ1v) is 6.69. The number of aromatic nitrogens is 2. The van der Waals surface area contributed by atoms with Gasteiger partial charge < -0.3 is 14.8 Å². The molecule has 0 aliphatic heterocycles. The molecule has 1 fully saturated rings. The zero-order valence-corrected chi connectivity index (χ0v) is 11.6. The second-order valence-electron chi connectivity index (χ2n) is 6.19. The molecular weight excluding hydrogens is 246 g/mol. The molecule has 19 heavy (non-hydrogen) atoms. The lowest BCUT2D eigenvalue weighted by molar-refractivity contribution is 0.184. The van der Waals surface area contributed by atoms with Gasteiger partial charge in [-0.1, -0.05) is 20.8 Å². The smallest absolute Gasteiger partial charge is 0.404 e. The van der Waals surface area contributed by atoms with Crippen LogP contribution in [0.1, 0.15) is 64.2 Å². The molecule has 1 aliphatic carbocycles. The zero-order chi connectivity index (χ0) is 14.0. The fourth-order valence-electron chi connectivity index (χ4n) is 2.36. The van der Waals surface area contributed by atoms with Gasteiger partial charge in [-0.2, -0.15) is 0 Å². The van der Waals surface area contributed by atoms with Crippen LogP contribution in [0.15, 0.2) is 4.42 Å². The highest BCUT2D eigenvalue weighted by Crippen LogP contribution is 2.33. The summed E-state index contributed by atoms with van der Waals surface area (Å²) < 4.78 is 5.74. The molecule has 0 spiro atoms. The van der Waals surface area contributed by atoms with Gasteiger partial charge in [0, 0.05) is 17.4 Å². The van der Waals surface area contributed by atoms with Gasteiger partial charge in [0.05, 0.1) is 0 Å². The van der Waals surface area contributed by atoms with Gasteiger partial charge in [0.15, 0.2) is 0 Å². The maximum atomic E-state index is 10.6. The Morgan fingerprint density at radius 2 is 1.89 bits per heavy atom. The van der Waals surface area contributed by atoms with Gasteiger partial charge in [-0.05, 0) is 25.7 Å². The molecule has 2 rings (SSSR count). The average molecular weight is 267 g/mol. The number of hydrogen-bond donors (Lipinski definition) is 2. The maximum Gasteiger partial charge on any atom is 0.404 e. The third-order valence-electron chi connectivity index (χ3n) is 3.49. The molecule has 0 radical (unpaired) electrons. The summed E-state index contributed by atoms with van der Waals surface area (Å²) in [6.45, 7) is 6.12. The molecule has 1 aliphatic rings. The van der Waals surface area contributed by atoms with Gasteiger partial charge in [-0.15, -0.1) is 10.2 Å². The van der Waals surface area contributed by atoms with Crippen molar-refractivity contribution in [2.45, 2.75) is 63.8 Å².